The molecule has 32 heavy (non-hydrogen) atoms. The van der Waals surface area contributed by atoms with Crippen LogP contribution in [-0.2, 0) is 24.2 Å². The van der Waals surface area contributed by atoms with Crippen LogP contribution in [0.5, 0.6) is 0 Å². The third-order valence-electron chi connectivity index (χ3n) is 6.05. The van der Waals surface area contributed by atoms with Crippen LogP contribution in [0, 0.1) is 0 Å². The lowest BCUT2D eigenvalue weighted by Gasteiger charge is -2.27. The van der Waals surface area contributed by atoms with E-state index in [2.05, 4.69) is 74.7 Å². The number of carbonyl (C=O) groups is 2. The molecule has 0 aromatic heterocycles. The van der Waals surface area contributed by atoms with E-state index in [1.165, 1.54) is 22.3 Å². The summed E-state index contributed by atoms with van der Waals surface area (Å²) in [6.07, 6.45) is 1.82. The van der Waals surface area contributed by atoms with Crippen molar-refractivity contribution in [3.8, 4) is 0 Å². The largest absolute Gasteiger partial charge is 0.298 e. The first-order valence-corrected chi connectivity index (χ1v) is 18.2. The summed E-state index contributed by atoms with van der Waals surface area (Å²) in [5.74, 6) is 0. The zero-order valence-corrected chi connectivity index (χ0v) is 21.7. The van der Waals surface area contributed by atoms with Gasteiger partial charge >= 0.3 is 0 Å². The minimum Gasteiger partial charge on any atom is -0.298 e. The van der Waals surface area contributed by atoms with E-state index < -0.39 is 16.1 Å². The van der Waals surface area contributed by atoms with Crippen molar-refractivity contribution in [1.82, 2.24) is 0 Å². The Hall–Kier alpha value is -2.57. The van der Waals surface area contributed by atoms with E-state index in [4.69, 9.17) is 0 Å². The highest BCUT2D eigenvalue weighted by molar-refractivity contribution is 6.77. The first-order chi connectivity index (χ1) is 15.2. The van der Waals surface area contributed by atoms with Crippen molar-refractivity contribution in [3.63, 3.8) is 0 Å². The molecule has 0 aliphatic carbocycles. The Morgan fingerprint density at radius 3 is 1.19 bits per heavy atom. The van der Waals surface area contributed by atoms with E-state index in [0.717, 1.165) is 47.9 Å². The molecule has 0 aliphatic heterocycles. The maximum atomic E-state index is 10.9. The molecular formula is C28H34O2Si2. The molecule has 0 unspecified atom stereocenters. The van der Waals surface area contributed by atoms with E-state index in [1.54, 1.807) is 0 Å². The van der Waals surface area contributed by atoms with Gasteiger partial charge in [-0.1, -0.05) is 110 Å². The van der Waals surface area contributed by atoms with Crippen molar-refractivity contribution >= 4 is 28.7 Å². The molecule has 0 saturated heterocycles. The lowest BCUT2D eigenvalue weighted by atomic mass is 10.1. The second-order valence-corrected chi connectivity index (χ2v) is 20.6. The third-order valence-corrected chi connectivity index (χ3v) is 11.5. The second-order valence-electron chi connectivity index (χ2n) is 10.5. The smallest absolute Gasteiger partial charge is 0.150 e. The van der Waals surface area contributed by atoms with Crippen molar-refractivity contribution in [2.45, 2.75) is 50.4 Å². The van der Waals surface area contributed by atoms with Crippen molar-refractivity contribution in [2.24, 2.45) is 0 Å². The summed E-state index contributed by atoms with van der Waals surface area (Å²) in [6.45, 7) is 9.87. The quantitative estimate of drug-likeness (QED) is 0.258. The molecule has 166 valence electrons. The summed E-state index contributed by atoms with van der Waals surface area (Å²) >= 11 is 0. The van der Waals surface area contributed by atoms with Crippen molar-refractivity contribution < 1.29 is 9.59 Å². The van der Waals surface area contributed by atoms with Crippen molar-refractivity contribution in [3.05, 3.63) is 106 Å². The average Bonchev–Trinajstić information content (AvgIpc) is 2.75. The summed E-state index contributed by atoms with van der Waals surface area (Å²) in [5.41, 5.74) is 7.16. The molecule has 2 nitrogen and oxygen atoms in total. The summed E-state index contributed by atoms with van der Waals surface area (Å²) in [5, 5.41) is 0. The van der Waals surface area contributed by atoms with Crippen LogP contribution in [0.15, 0.2) is 72.8 Å². The number of aldehydes is 2. The van der Waals surface area contributed by atoms with Gasteiger partial charge in [0.25, 0.3) is 0 Å². The summed E-state index contributed by atoms with van der Waals surface area (Å²) < 4.78 is 0. The van der Waals surface area contributed by atoms with E-state index in [-0.39, 0.29) is 0 Å². The number of carbonyl (C=O) groups excluding carboxylic acids is 2. The normalized spacial score (nSPS) is 11.9. The Morgan fingerprint density at radius 2 is 0.875 bits per heavy atom. The van der Waals surface area contributed by atoms with Crippen LogP contribution in [0.4, 0.5) is 0 Å². The molecule has 0 atom stereocenters. The van der Waals surface area contributed by atoms with Crippen molar-refractivity contribution in [2.75, 3.05) is 0 Å². The maximum absolute atomic E-state index is 10.9. The molecule has 4 heteroatoms. The molecule has 3 aromatic carbocycles. The predicted octanol–water partition coefficient (Wildman–Crippen LogP) is 6.46. The van der Waals surface area contributed by atoms with Crippen LogP contribution in [0.1, 0.15) is 43.0 Å². The summed E-state index contributed by atoms with van der Waals surface area (Å²) in [7, 11) is -3.02. The van der Waals surface area contributed by atoms with Gasteiger partial charge in [0, 0.05) is 11.1 Å². The number of rotatable bonds is 10. The van der Waals surface area contributed by atoms with Crippen molar-refractivity contribution in [1.29, 1.82) is 0 Å². The van der Waals surface area contributed by atoms with Crippen LogP contribution >= 0.6 is 0 Å². The lowest BCUT2D eigenvalue weighted by Crippen LogP contribution is -2.36. The molecule has 3 rings (SSSR count). The fourth-order valence-electron chi connectivity index (χ4n) is 4.59. The minimum atomic E-state index is -1.51. The standard InChI is InChI=1S/C28H34O2Si2/c1-31(2,19-25-13-9-23(17-29)10-14-25)21-27-7-5-6-8-28(27)22-32(3,4)20-26-15-11-24(18-30)12-16-26/h5-18H,19-22H2,1-4H3. The molecular weight excluding hydrogens is 424 g/mol. The molecule has 0 amide bonds. The van der Waals surface area contributed by atoms with E-state index >= 15 is 0 Å². The Labute approximate surface area is 194 Å². The Balaban J connectivity index is 1.72. The topological polar surface area (TPSA) is 34.1 Å². The van der Waals surface area contributed by atoms with Gasteiger partial charge in [0.2, 0.25) is 0 Å². The summed E-state index contributed by atoms with van der Waals surface area (Å²) in [6, 6.07) is 29.7. The van der Waals surface area contributed by atoms with Crippen LogP contribution in [0.25, 0.3) is 0 Å². The monoisotopic (exact) mass is 458 g/mol. The molecule has 0 N–H and O–H groups in total. The lowest BCUT2D eigenvalue weighted by molar-refractivity contribution is 0.111. The van der Waals surface area contributed by atoms with Gasteiger partial charge in [-0.05, 0) is 35.3 Å². The molecule has 3 aromatic rings. The predicted molar refractivity (Wildman–Crippen MR) is 140 cm³/mol. The van der Waals surface area contributed by atoms with Gasteiger partial charge in [-0.3, -0.25) is 9.59 Å². The zero-order valence-electron chi connectivity index (χ0n) is 19.7. The Morgan fingerprint density at radius 1 is 0.531 bits per heavy atom. The SMILES string of the molecule is C[Si](C)(Cc1ccc(C=O)cc1)Cc1ccccc1C[Si](C)(C)Cc1ccc(C=O)cc1. The second kappa shape index (κ2) is 10.4. The van der Waals surface area contributed by atoms with Gasteiger partial charge in [0.05, 0.1) is 16.1 Å². The van der Waals surface area contributed by atoms with Crippen LogP contribution in [0.3, 0.4) is 0 Å². The number of hydrogen-bond acceptors (Lipinski definition) is 2. The first kappa shape index (κ1) is 24.1. The Kier molecular flexibility index (Phi) is 7.80. The van der Waals surface area contributed by atoms with E-state index in [0.29, 0.717) is 0 Å². The van der Waals surface area contributed by atoms with E-state index in [1.807, 2.05) is 24.3 Å². The molecule has 0 heterocycles. The van der Waals surface area contributed by atoms with Crippen LogP contribution in [-0.4, -0.2) is 28.7 Å². The third kappa shape index (κ3) is 6.97. The average molecular weight is 459 g/mol. The number of hydrogen-bond donors (Lipinski definition) is 0. The molecule has 0 fully saturated rings. The van der Waals surface area contributed by atoms with Gasteiger partial charge < -0.3 is 0 Å². The first-order valence-electron chi connectivity index (χ1n) is 11.3. The molecule has 0 bridgehead atoms. The fourth-order valence-corrected chi connectivity index (χ4v) is 10.3. The molecule has 0 spiro atoms. The molecule has 0 saturated carbocycles. The highest BCUT2D eigenvalue weighted by atomic mass is 28.3. The van der Waals surface area contributed by atoms with Gasteiger partial charge in [-0.25, -0.2) is 0 Å². The summed E-state index contributed by atoms with van der Waals surface area (Å²) in [4.78, 5) is 21.9. The van der Waals surface area contributed by atoms with E-state index in [9.17, 15) is 9.59 Å². The van der Waals surface area contributed by atoms with Crippen LogP contribution in [0.2, 0.25) is 26.2 Å². The van der Waals surface area contributed by atoms with Gasteiger partial charge in [0.15, 0.2) is 0 Å². The fraction of sp³-hybridized carbons (Fsp3) is 0.286. The Bertz CT molecular complexity index is 965. The highest BCUT2D eigenvalue weighted by Gasteiger charge is 2.26. The van der Waals surface area contributed by atoms with Crippen LogP contribution < -0.4 is 0 Å². The zero-order chi connectivity index (χ0) is 23.2. The van der Waals surface area contributed by atoms with Gasteiger partial charge in [-0.2, -0.15) is 0 Å². The maximum Gasteiger partial charge on any atom is 0.150 e. The number of benzene rings is 3. The minimum absolute atomic E-state index is 0.742. The highest BCUT2D eigenvalue weighted by Crippen LogP contribution is 2.24. The molecule has 0 aliphatic rings. The van der Waals surface area contributed by atoms with Gasteiger partial charge in [-0.15, -0.1) is 0 Å². The van der Waals surface area contributed by atoms with Gasteiger partial charge in [0.1, 0.15) is 12.6 Å². The molecule has 0 radical (unpaired) electrons.